The van der Waals surface area contributed by atoms with E-state index >= 15 is 0 Å². The normalized spacial score (nSPS) is 14.6. The molecule has 10 nitrogen and oxygen atoms in total. The zero-order valence-electron chi connectivity index (χ0n) is 19.8. The fraction of sp³-hybridized carbons (Fsp3) is 0.417. The smallest absolute Gasteiger partial charge is 0.339 e. The second-order valence-electron chi connectivity index (χ2n) is 8.56. The molecule has 1 aromatic heterocycles. The molecular weight excluding hydrogens is 502 g/mol. The molecule has 194 valence electrons. The lowest BCUT2D eigenvalue weighted by Crippen LogP contribution is -2.30. The minimum Gasteiger partial charge on any atom is -0.395 e. The Kier molecular flexibility index (Phi) is 9.10. The highest BCUT2D eigenvalue weighted by atomic mass is 32.2. The first-order chi connectivity index (χ1) is 17.4. The van der Waals surface area contributed by atoms with Crippen LogP contribution in [-0.2, 0) is 14.9 Å². The largest absolute Gasteiger partial charge is 0.395 e. The van der Waals surface area contributed by atoms with Gasteiger partial charge in [-0.05, 0) is 68.2 Å². The molecule has 5 N–H and O–H groups in total. The number of anilines is 2. The maximum atomic E-state index is 12.8. The number of aromatic nitrogens is 1. The van der Waals surface area contributed by atoms with Crippen LogP contribution in [-0.4, -0.2) is 63.7 Å². The van der Waals surface area contributed by atoms with Crippen molar-refractivity contribution in [3.8, 4) is 5.75 Å². The summed E-state index contributed by atoms with van der Waals surface area (Å²) in [5.74, 6) is 0.500. The summed E-state index contributed by atoms with van der Waals surface area (Å²) in [6.07, 6.45) is 2.45. The fourth-order valence-corrected chi connectivity index (χ4v) is 5.78. The Bertz CT molecular complexity index is 1260. The maximum absolute atomic E-state index is 12.8. The molecule has 0 saturated carbocycles. The Balaban J connectivity index is 1.35. The number of hydrogen-bond donors (Lipinski definition) is 5. The third-order valence-electron chi connectivity index (χ3n) is 5.81. The topological polar surface area (TPSA) is 142 Å². The van der Waals surface area contributed by atoms with Crippen molar-refractivity contribution >= 4 is 48.4 Å². The van der Waals surface area contributed by atoms with Gasteiger partial charge in [-0.1, -0.05) is 11.3 Å². The zero-order valence-corrected chi connectivity index (χ0v) is 21.5. The number of nitrogens with one attached hydrogen (secondary N) is 4. The lowest BCUT2D eigenvalue weighted by molar-refractivity contribution is -0.117. The van der Waals surface area contributed by atoms with Gasteiger partial charge in [0.05, 0.1) is 16.8 Å². The van der Waals surface area contributed by atoms with Gasteiger partial charge >= 0.3 is 10.1 Å². The number of aliphatic hydroxyl groups excluding tert-OH is 1. The van der Waals surface area contributed by atoms with Gasteiger partial charge in [0.1, 0.15) is 10.6 Å². The number of fused-ring (bicyclic) bond motifs is 1. The summed E-state index contributed by atoms with van der Waals surface area (Å²) in [7, 11) is -4.02. The SMILES string of the molecule is O=C(CC1CCNCC1)Nc1nc2ccc(OS(=O)(=O)c3ccc(NCCNCCO)cc3)cc2s1. The van der Waals surface area contributed by atoms with Crippen molar-refractivity contribution in [1.29, 1.82) is 0 Å². The Labute approximate surface area is 214 Å². The van der Waals surface area contributed by atoms with Crippen LogP contribution in [0.3, 0.4) is 0 Å². The lowest BCUT2D eigenvalue weighted by atomic mass is 9.94. The van der Waals surface area contributed by atoms with Gasteiger partial charge in [0.2, 0.25) is 5.91 Å². The molecule has 0 bridgehead atoms. The quantitative estimate of drug-likeness (QED) is 0.175. The van der Waals surface area contributed by atoms with E-state index in [-0.39, 0.29) is 23.2 Å². The van der Waals surface area contributed by atoms with E-state index in [1.54, 1.807) is 30.3 Å². The van der Waals surface area contributed by atoms with Gasteiger partial charge in [0, 0.05) is 37.8 Å². The van der Waals surface area contributed by atoms with E-state index in [9.17, 15) is 13.2 Å². The van der Waals surface area contributed by atoms with Crippen molar-refractivity contribution in [2.45, 2.75) is 24.2 Å². The molecule has 36 heavy (non-hydrogen) atoms. The van der Waals surface area contributed by atoms with E-state index in [1.807, 2.05) is 0 Å². The van der Waals surface area contributed by atoms with Gasteiger partial charge < -0.3 is 30.6 Å². The minimum absolute atomic E-state index is 0.0433. The number of nitrogens with zero attached hydrogens (tertiary/aromatic N) is 1. The third kappa shape index (κ3) is 7.37. The molecule has 0 radical (unpaired) electrons. The number of piperidine rings is 1. The number of carbonyl (C=O) groups excluding carboxylic acids is 1. The molecule has 1 aliphatic heterocycles. The number of amides is 1. The van der Waals surface area contributed by atoms with Crippen LogP contribution in [0, 0.1) is 5.92 Å². The molecule has 1 aliphatic rings. The van der Waals surface area contributed by atoms with E-state index in [0.29, 0.717) is 47.3 Å². The van der Waals surface area contributed by atoms with Crippen LogP contribution in [0.25, 0.3) is 10.2 Å². The molecule has 4 rings (SSSR count). The van der Waals surface area contributed by atoms with Crippen molar-refractivity contribution in [1.82, 2.24) is 15.6 Å². The van der Waals surface area contributed by atoms with Crippen LogP contribution < -0.4 is 25.5 Å². The van der Waals surface area contributed by atoms with Gasteiger partial charge in [0.25, 0.3) is 0 Å². The van der Waals surface area contributed by atoms with Crippen molar-refractivity contribution in [2.24, 2.45) is 5.92 Å². The molecule has 1 fully saturated rings. The van der Waals surface area contributed by atoms with Gasteiger partial charge in [-0.2, -0.15) is 8.42 Å². The Morgan fingerprint density at radius 1 is 1.11 bits per heavy atom. The molecule has 0 unspecified atom stereocenters. The average Bonchev–Trinajstić information content (AvgIpc) is 3.26. The summed E-state index contributed by atoms with van der Waals surface area (Å²) in [5, 5.41) is 21.6. The molecule has 2 aromatic carbocycles. The highest BCUT2D eigenvalue weighted by Gasteiger charge is 2.19. The van der Waals surface area contributed by atoms with Gasteiger partial charge in [0.15, 0.2) is 5.13 Å². The van der Waals surface area contributed by atoms with Gasteiger partial charge in [-0.3, -0.25) is 4.79 Å². The van der Waals surface area contributed by atoms with Crippen LogP contribution >= 0.6 is 11.3 Å². The molecule has 2 heterocycles. The highest BCUT2D eigenvalue weighted by Crippen LogP contribution is 2.31. The summed E-state index contributed by atoms with van der Waals surface area (Å²) < 4.78 is 31.6. The Hall–Kier alpha value is -2.77. The van der Waals surface area contributed by atoms with Crippen LogP contribution in [0.4, 0.5) is 10.8 Å². The molecular formula is C24H31N5O5S2. The molecule has 3 aromatic rings. The number of aliphatic hydroxyl groups is 1. The highest BCUT2D eigenvalue weighted by molar-refractivity contribution is 7.87. The van der Waals surface area contributed by atoms with Gasteiger partial charge in [-0.25, -0.2) is 4.98 Å². The standard InChI is InChI=1S/C24H31N5O5S2/c30-14-13-26-11-12-27-18-1-4-20(5-2-18)36(32,33)34-19-3-6-21-22(16-19)35-24(28-21)29-23(31)15-17-7-9-25-10-8-17/h1-6,16-17,25-27,30H,7-15H2,(H,28,29,31). The monoisotopic (exact) mass is 533 g/mol. The molecule has 0 aliphatic carbocycles. The van der Waals surface area contributed by atoms with Crippen LogP contribution in [0.5, 0.6) is 5.75 Å². The van der Waals surface area contributed by atoms with Crippen molar-refractivity contribution in [3.05, 3.63) is 42.5 Å². The summed E-state index contributed by atoms with van der Waals surface area (Å²) in [6.45, 7) is 3.80. The van der Waals surface area contributed by atoms with E-state index in [1.165, 1.54) is 23.5 Å². The maximum Gasteiger partial charge on any atom is 0.339 e. The molecule has 0 atom stereocenters. The third-order valence-corrected chi connectivity index (χ3v) is 8.00. The number of carbonyl (C=O) groups is 1. The summed E-state index contributed by atoms with van der Waals surface area (Å²) in [6, 6.07) is 11.2. The number of benzene rings is 2. The average molecular weight is 534 g/mol. The summed E-state index contributed by atoms with van der Waals surface area (Å²) in [4.78, 5) is 16.9. The molecule has 1 amide bonds. The van der Waals surface area contributed by atoms with E-state index in [0.717, 1.165) is 31.6 Å². The van der Waals surface area contributed by atoms with Crippen molar-refractivity contribution in [2.75, 3.05) is 50.0 Å². The first-order valence-electron chi connectivity index (χ1n) is 11.9. The zero-order chi connectivity index (χ0) is 25.4. The fourth-order valence-electron chi connectivity index (χ4n) is 3.94. The Morgan fingerprint density at radius 2 is 1.89 bits per heavy atom. The second-order valence-corrected chi connectivity index (χ2v) is 11.1. The van der Waals surface area contributed by atoms with Crippen molar-refractivity contribution < 1.29 is 22.5 Å². The van der Waals surface area contributed by atoms with Crippen LogP contribution in [0.15, 0.2) is 47.4 Å². The van der Waals surface area contributed by atoms with E-state index in [4.69, 9.17) is 9.29 Å². The second kappa shape index (κ2) is 12.5. The van der Waals surface area contributed by atoms with Crippen LogP contribution in [0.2, 0.25) is 0 Å². The van der Waals surface area contributed by atoms with Crippen LogP contribution in [0.1, 0.15) is 19.3 Å². The number of hydrogen-bond acceptors (Lipinski definition) is 10. The molecule has 1 saturated heterocycles. The summed E-state index contributed by atoms with van der Waals surface area (Å²) in [5.41, 5.74) is 1.44. The van der Waals surface area contributed by atoms with E-state index < -0.39 is 10.1 Å². The van der Waals surface area contributed by atoms with E-state index in [2.05, 4.69) is 26.3 Å². The Morgan fingerprint density at radius 3 is 2.64 bits per heavy atom. The van der Waals surface area contributed by atoms with Crippen molar-refractivity contribution in [3.63, 3.8) is 0 Å². The van der Waals surface area contributed by atoms with Gasteiger partial charge in [-0.15, -0.1) is 0 Å². The minimum atomic E-state index is -4.02. The summed E-state index contributed by atoms with van der Waals surface area (Å²) >= 11 is 1.28. The number of rotatable bonds is 12. The number of thiazole rings is 1. The predicted octanol–water partition coefficient (Wildman–Crippen LogP) is 2.39. The first-order valence-corrected chi connectivity index (χ1v) is 14.2. The predicted molar refractivity (Wildman–Crippen MR) is 141 cm³/mol. The first kappa shape index (κ1) is 26.3. The lowest BCUT2D eigenvalue weighted by Gasteiger charge is -2.21. The molecule has 0 spiro atoms. The molecule has 12 heteroatoms.